The third kappa shape index (κ3) is 6.60. The minimum atomic E-state index is -3.87. The van der Waals surface area contributed by atoms with Crippen LogP contribution in [0.1, 0.15) is 11.1 Å². The molecule has 0 aromatic heterocycles. The number of hydrogen-bond donors (Lipinski definition) is 1. The van der Waals surface area contributed by atoms with E-state index in [-0.39, 0.29) is 17.3 Å². The Hall–Kier alpha value is -2.77. The predicted octanol–water partition coefficient (Wildman–Crippen LogP) is 4.24. The number of amides is 1. The summed E-state index contributed by atoms with van der Waals surface area (Å²) in [5, 5.41) is 2.84. The summed E-state index contributed by atoms with van der Waals surface area (Å²) in [7, 11) is -3.87. The van der Waals surface area contributed by atoms with Crippen molar-refractivity contribution in [3.63, 3.8) is 0 Å². The molecule has 7 heteroatoms. The molecule has 0 aliphatic rings. The van der Waals surface area contributed by atoms with Gasteiger partial charge in [-0.1, -0.05) is 66.2 Å². The highest BCUT2D eigenvalue weighted by atomic mass is 32.2. The maximum atomic E-state index is 13.3. The molecule has 3 rings (SSSR count). The maximum absolute atomic E-state index is 13.3. The number of para-hydroxylation sites is 1. The van der Waals surface area contributed by atoms with E-state index in [9.17, 15) is 13.2 Å². The Balaban J connectivity index is 1.62. The molecule has 0 saturated heterocycles. The van der Waals surface area contributed by atoms with Crippen LogP contribution in [0.2, 0.25) is 0 Å². The Kier molecular flexibility index (Phi) is 8.14. The van der Waals surface area contributed by atoms with E-state index in [0.717, 1.165) is 21.4 Å². The largest absolute Gasteiger partial charge is 0.354 e. The van der Waals surface area contributed by atoms with Gasteiger partial charge >= 0.3 is 0 Å². The number of thioether (sulfide) groups is 1. The number of carbonyl (C=O) groups is 1. The van der Waals surface area contributed by atoms with Crippen LogP contribution in [0, 0.1) is 6.92 Å². The Labute approximate surface area is 188 Å². The van der Waals surface area contributed by atoms with Crippen LogP contribution in [-0.2, 0) is 20.6 Å². The topological polar surface area (TPSA) is 66.5 Å². The van der Waals surface area contributed by atoms with E-state index < -0.39 is 10.0 Å². The third-order valence-corrected chi connectivity index (χ3v) is 7.44. The summed E-state index contributed by atoms with van der Waals surface area (Å²) >= 11 is 1.72. The summed E-state index contributed by atoms with van der Waals surface area (Å²) < 4.78 is 27.7. The molecule has 31 heavy (non-hydrogen) atoms. The van der Waals surface area contributed by atoms with Crippen molar-refractivity contribution in [2.75, 3.05) is 23.1 Å². The standard InChI is InChI=1S/C24H26N2O3S2/c1-20-12-14-23(15-13-20)31(28,29)26(22-10-6-3-7-11-22)18-24(27)25-16-17-30-19-21-8-4-2-5-9-21/h2-15H,16-19H2,1H3,(H,25,27). The second-order valence-corrected chi connectivity index (χ2v) is 10.0. The van der Waals surface area contributed by atoms with Gasteiger partial charge in [-0.25, -0.2) is 8.42 Å². The number of carbonyl (C=O) groups excluding carboxylic acids is 1. The lowest BCUT2D eigenvalue weighted by Gasteiger charge is -2.24. The molecular formula is C24H26N2O3S2. The van der Waals surface area contributed by atoms with Crippen LogP contribution in [0.15, 0.2) is 89.8 Å². The first kappa shape index (κ1) is 22.9. The second kappa shape index (κ2) is 11.0. The van der Waals surface area contributed by atoms with Crippen molar-refractivity contribution in [3.05, 3.63) is 96.1 Å². The van der Waals surface area contributed by atoms with E-state index in [1.807, 2.05) is 31.2 Å². The lowest BCUT2D eigenvalue weighted by Crippen LogP contribution is -2.41. The summed E-state index contributed by atoms with van der Waals surface area (Å²) in [5.74, 6) is 1.28. The van der Waals surface area contributed by atoms with Gasteiger partial charge in [-0.2, -0.15) is 11.8 Å². The van der Waals surface area contributed by atoms with Crippen LogP contribution in [0.3, 0.4) is 0 Å². The number of nitrogens with one attached hydrogen (secondary N) is 1. The van der Waals surface area contributed by atoms with Crippen LogP contribution in [-0.4, -0.2) is 33.2 Å². The summed E-state index contributed by atoms with van der Waals surface area (Å²) in [6.45, 7) is 2.10. The third-order valence-electron chi connectivity index (χ3n) is 4.62. The van der Waals surface area contributed by atoms with Crippen molar-refractivity contribution in [2.24, 2.45) is 0 Å². The normalized spacial score (nSPS) is 11.1. The Bertz CT molecular complexity index is 1070. The number of rotatable bonds is 10. The smallest absolute Gasteiger partial charge is 0.264 e. The molecule has 1 amide bonds. The molecule has 0 unspecified atom stereocenters. The molecule has 162 valence electrons. The predicted molar refractivity (Wildman–Crippen MR) is 128 cm³/mol. The summed E-state index contributed by atoms with van der Waals surface area (Å²) in [5.41, 5.74) is 2.66. The quantitative estimate of drug-likeness (QED) is 0.466. The van der Waals surface area contributed by atoms with Gasteiger partial charge < -0.3 is 5.32 Å². The first-order valence-corrected chi connectivity index (χ1v) is 12.6. The van der Waals surface area contributed by atoms with Crippen LogP contribution < -0.4 is 9.62 Å². The van der Waals surface area contributed by atoms with Gasteiger partial charge in [0.15, 0.2) is 0 Å². The van der Waals surface area contributed by atoms with E-state index in [1.165, 1.54) is 5.56 Å². The van der Waals surface area contributed by atoms with Gasteiger partial charge in [-0.05, 0) is 36.8 Å². The number of benzene rings is 3. The first-order chi connectivity index (χ1) is 15.0. The van der Waals surface area contributed by atoms with E-state index in [1.54, 1.807) is 60.3 Å². The lowest BCUT2D eigenvalue weighted by atomic mass is 10.2. The van der Waals surface area contributed by atoms with E-state index in [0.29, 0.717) is 12.2 Å². The van der Waals surface area contributed by atoms with Crippen molar-refractivity contribution in [1.29, 1.82) is 0 Å². The van der Waals surface area contributed by atoms with E-state index in [2.05, 4.69) is 17.4 Å². The average Bonchev–Trinajstić information content (AvgIpc) is 2.79. The summed E-state index contributed by atoms with van der Waals surface area (Å²) in [6, 6.07) is 25.5. The van der Waals surface area contributed by atoms with Crippen LogP contribution in [0.25, 0.3) is 0 Å². The van der Waals surface area contributed by atoms with Gasteiger partial charge in [0.1, 0.15) is 6.54 Å². The molecule has 0 fully saturated rings. The van der Waals surface area contributed by atoms with Gasteiger partial charge in [0.25, 0.3) is 10.0 Å². The molecule has 1 N–H and O–H groups in total. The number of anilines is 1. The number of sulfonamides is 1. The number of hydrogen-bond acceptors (Lipinski definition) is 4. The molecule has 0 radical (unpaired) electrons. The molecule has 0 aliphatic carbocycles. The molecule has 0 saturated carbocycles. The van der Waals surface area contributed by atoms with E-state index >= 15 is 0 Å². The summed E-state index contributed by atoms with van der Waals surface area (Å²) in [6.07, 6.45) is 0. The molecule has 0 aliphatic heterocycles. The Morgan fingerprint density at radius 2 is 1.52 bits per heavy atom. The van der Waals surface area contributed by atoms with Crippen molar-refractivity contribution in [2.45, 2.75) is 17.6 Å². The molecule has 3 aromatic carbocycles. The molecule has 0 heterocycles. The van der Waals surface area contributed by atoms with Crippen molar-refractivity contribution >= 4 is 33.4 Å². The van der Waals surface area contributed by atoms with Crippen LogP contribution in [0.5, 0.6) is 0 Å². The van der Waals surface area contributed by atoms with Crippen LogP contribution >= 0.6 is 11.8 Å². The highest BCUT2D eigenvalue weighted by Gasteiger charge is 2.26. The molecule has 0 bridgehead atoms. The fourth-order valence-electron chi connectivity index (χ4n) is 2.96. The monoisotopic (exact) mass is 454 g/mol. The van der Waals surface area contributed by atoms with Crippen LogP contribution in [0.4, 0.5) is 5.69 Å². The van der Waals surface area contributed by atoms with E-state index in [4.69, 9.17) is 0 Å². The fraction of sp³-hybridized carbons (Fsp3) is 0.208. The van der Waals surface area contributed by atoms with Gasteiger partial charge in [-0.3, -0.25) is 9.10 Å². The van der Waals surface area contributed by atoms with Crippen molar-refractivity contribution in [3.8, 4) is 0 Å². The molecule has 0 atom stereocenters. The second-order valence-electron chi connectivity index (χ2n) is 7.05. The number of aryl methyl sites for hydroxylation is 1. The fourth-order valence-corrected chi connectivity index (χ4v) is 5.20. The SMILES string of the molecule is Cc1ccc(S(=O)(=O)N(CC(=O)NCCSCc2ccccc2)c2ccccc2)cc1. The molecule has 5 nitrogen and oxygen atoms in total. The zero-order valence-corrected chi connectivity index (χ0v) is 19.0. The zero-order valence-electron chi connectivity index (χ0n) is 17.4. The Morgan fingerprint density at radius 1 is 0.903 bits per heavy atom. The lowest BCUT2D eigenvalue weighted by molar-refractivity contribution is -0.119. The zero-order chi connectivity index (χ0) is 22.1. The highest BCUT2D eigenvalue weighted by Crippen LogP contribution is 2.23. The minimum Gasteiger partial charge on any atom is -0.354 e. The molecule has 0 spiro atoms. The molecular weight excluding hydrogens is 428 g/mol. The first-order valence-electron chi connectivity index (χ1n) is 9.99. The minimum absolute atomic E-state index is 0.160. The van der Waals surface area contributed by atoms with Crippen molar-refractivity contribution < 1.29 is 13.2 Å². The molecule has 3 aromatic rings. The summed E-state index contributed by atoms with van der Waals surface area (Å²) in [4.78, 5) is 12.7. The maximum Gasteiger partial charge on any atom is 0.264 e. The highest BCUT2D eigenvalue weighted by molar-refractivity contribution is 7.98. The van der Waals surface area contributed by atoms with Gasteiger partial charge in [0, 0.05) is 18.1 Å². The van der Waals surface area contributed by atoms with Crippen molar-refractivity contribution in [1.82, 2.24) is 5.32 Å². The average molecular weight is 455 g/mol. The Morgan fingerprint density at radius 3 is 2.16 bits per heavy atom. The van der Waals surface area contributed by atoms with Gasteiger partial charge in [0.2, 0.25) is 5.91 Å². The van der Waals surface area contributed by atoms with Gasteiger partial charge in [0.05, 0.1) is 10.6 Å². The number of nitrogens with zero attached hydrogens (tertiary/aromatic N) is 1. The van der Waals surface area contributed by atoms with Gasteiger partial charge in [-0.15, -0.1) is 0 Å².